The van der Waals surface area contributed by atoms with Crippen LogP contribution in [0.2, 0.25) is 0 Å². The van der Waals surface area contributed by atoms with E-state index in [4.69, 9.17) is 0 Å². The van der Waals surface area contributed by atoms with E-state index in [2.05, 4.69) is 0 Å². The summed E-state index contributed by atoms with van der Waals surface area (Å²) in [5, 5.41) is 0. The summed E-state index contributed by atoms with van der Waals surface area (Å²) < 4.78 is 0.835. The second-order valence-corrected chi connectivity index (χ2v) is 8.71. The van der Waals surface area contributed by atoms with Crippen LogP contribution < -0.4 is 4.90 Å². The fraction of sp³-hybridized carbons (Fsp3) is 0.182. The van der Waals surface area contributed by atoms with Gasteiger partial charge in [-0.05, 0) is 23.8 Å². The van der Waals surface area contributed by atoms with Crippen molar-refractivity contribution >= 4 is 46.9 Å². The highest BCUT2D eigenvalue weighted by molar-refractivity contribution is 8.25. The predicted molar refractivity (Wildman–Crippen MR) is 118 cm³/mol. The van der Waals surface area contributed by atoms with Gasteiger partial charge in [-0.15, -0.1) is 23.5 Å². The van der Waals surface area contributed by atoms with Crippen LogP contribution in [0.1, 0.15) is 15.9 Å². The molecule has 27 heavy (non-hydrogen) atoms. The number of carbonyl (C=O) groups is 2. The van der Waals surface area contributed by atoms with E-state index in [1.54, 1.807) is 41.7 Å². The number of carbonyl (C=O) groups excluding carboxylic acids is 2. The largest absolute Gasteiger partial charge is 0.378 e. The highest BCUT2D eigenvalue weighted by Crippen LogP contribution is 2.40. The number of nitrogens with zero attached hydrogens (tertiary/aromatic N) is 1. The smallest absolute Gasteiger partial charge is 0.198 e. The maximum absolute atomic E-state index is 13.0. The number of hydrogen-bond acceptors (Lipinski definition) is 5. The zero-order valence-corrected chi connectivity index (χ0v) is 17.0. The third-order valence-corrected chi connectivity index (χ3v) is 6.81. The van der Waals surface area contributed by atoms with E-state index in [9.17, 15) is 9.59 Å². The van der Waals surface area contributed by atoms with Gasteiger partial charge >= 0.3 is 0 Å². The highest BCUT2D eigenvalue weighted by Gasteiger charge is 2.25. The molecule has 0 saturated carbocycles. The van der Waals surface area contributed by atoms with Crippen LogP contribution in [0.25, 0.3) is 6.08 Å². The number of hydrogen-bond donors (Lipinski definition) is 0. The minimum Gasteiger partial charge on any atom is -0.378 e. The molecular weight excluding hydrogens is 374 g/mol. The Kier molecular flexibility index (Phi) is 6.58. The molecule has 5 heteroatoms. The number of rotatable bonds is 6. The summed E-state index contributed by atoms with van der Waals surface area (Å²) in [5.41, 5.74) is 2.86. The van der Waals surface area contributed by atoms with Crippen molar-refractivity contribution in [1.29, 1.82) is 0 Å². The number of ketones is 2. The molecule has 1 saturated heterocycles. The van der Waals surface area contributed by atoms with Gasteiger partial charge in [0.05, 0.1) is 9.81 Å². The molecule has 2 aromatic carbocycles. The zero-order valence-electron chi connectivity index (χ0n) is 15.3. The first-order chi connectivity index (χ1) is 13.1. The van der Waals surface area contributed by atoms with Gasteiger partial charge in [-0.25, -0.2) is 0 Å². The summed E-state index contributed by atoms with van der Waals surface area (Å²) >= 11 is 3.18. The number of benzene rings is 2. The zero-order chi connectivity index (χ0) is 19.2. The van der Waals surface area contributed by atoms with Crippen LogP contribution in [0.3, 0.4) is 0 Å². The van der Waals surface area contributed by atoms with Gasteiger partial charge < -0.3 is 4.90 Å². The average molecular weight is 396 g/mol. The van der Waals surface area contributed by atoms with Gasteiger partial charge in [-0.2, -0.15) is 0 Å². The van der Waals surface area contributed by atoms with Crippen molar-refractivity contribution in [3.63, 3.8) is 0 Å². The SMILES string of the molecule is CN(C)c1ccc(/C=C/C(=O)C(C(=O)c2ccccc2)=C2SCCS2)cc1. The molecule has 1 aliphatic heterocycles. The molecule has 0 N–H and O–H groups in total. The Morgan fingerprint density at radius 3 is 2.15 bits per heavy atom. The predicted octanol–water partition coefficient (Wildman–Crippen LogP) is 4.91. The van der Waals surface area contributed by atoms with Crippen LogP contribution in [0, 0.1) is 0 Å². The summed E-state index contributed by atoms with van der Waals surface area (Å²) in [6.45, 7) is 0. The summed E-state index contributed by atoms with van der Waals surface area (Å²) in [6, 6.07) is 16.9. The van der Waals surface area contributed by atoms with Crippen LogP contribution in [-0.2, 0) is 4.79 Å². The molecule has 0 radical (unpaired) electrons. The Balaban J connectivity index is 1.85. The summed E-state index contributed by atoms with van der Waals surface area (Å²) in [6.07, 6.45) is 3.28. The molecule has 3 rings (SSSR count). The van der Waals surface area contributed by atoms with Crippen LogP contribution >= 0.6 is 23.5 Å². The quantitative estimate of drug-likeness (QED) is 0.301. The molecule has 2 aromatic rings. The van der Waals surface area contributed by atoms with Gasteiger partial charge in [-0.1, -0.05) is 48.5 Å². The van der Waals surface area contributed by atoms with Crippen molar-refractivity contribution in [2.45, 2.75) is 0 Å². The minimum absolute atomic E-state index is 0.204. The third kappa shape index (κ3) is 4.93. The standard InChI is InChI=1S/C22H21NO2S2/c1-23(2)18-11-8-16(9-12-18)10-13-19(24)20(22-26-14-15-27-22)21(25)17-6-4-3-5-7-17/h3-13H,14-15H2,1-2H3/b13-10+. The number of anilines is 1. The van der Waals surface area contributed by atoms with Crippen LogP contribution in [0.5, 0.6) is 0 Å². The fourth-order valence-corrected chi connectivity index (χ4v) is 5.18. The molecule has 0 atom stereocenters. The van der Waals surface area contributed by atoms with Crippen molar-refractivity contribution in [2.24, 2.45) is 0 Å². The Labute approximate surface area is 168 Å². The van der Waals surface area contributed by atoms with Gasteiger partial charge in [0.2, 0.25) is 0 Å². The van der Waals surface area contributed by atoms with E-state index >= 15 is 0 Å². The Morgan fingerprint density at radius 1 is 0.926 bits per heavy atom. The molecule has 3 nitrogen and oxygen atoms in total. The Bertz CT molecular complexity index is 876. The fourth-order valence-electron chi connectivity index (χ4n) is 2.63. The first kappa shape index (κ1) is 19.5. The van der Waals surface area contributed by atoms with E-state index in [1.165, 1.54) is 6.08 Å². The lowest BCUT2D eigenvalue weighted by Gasteiger charge is -2.11. The lowest BCUT2D eigenvalue weighted by atomic mass is 10.0. The molecular formula is C22H21NO2S2. The first-order valence-electron chi connectivity index (χ1n) is 8.65. The number of Topliss-reactive ketones (excluding diaryl/α,β-unsaturated/α-hetero) is 1. The molecule has 0 spiro atoms. The van der Waals surface area contributed by atoms with Crippen LogP contribution in [0.15, 0.2) is 70.5 Å². The van der Waals surface area contributed by atoms with E-state index in [0.29, 0.717) is 5.56 Å². The maximum atomic E-state index is 13.0. The van der Waals surface area contributed by atoms with E-state index < -0.39 is 0 Å². The lowest BCUT2D eigenvalue weighted by Crippen LogP contribution is -2.12. The lowest BCUT2D eigenvalue weighted by molar-refractivity contribution is -0.111. The van der Waals surface area contributed by atoms with E-state index in [0.717, 1.165) is 27.0 Å². The summed E-state index contributed by atoms with van der Waals surface area (Å²) in [4.78, 5) is 27.9. The molecule has 0 aliphatic carbocycles. The molecule has 1 aliphatic rings. The topological polar surface area (TPSA) is 37.4 Å². The molecule has 0 aromatic heterocycles. The van der Waals surface area contributed by atoms with Crippen molar-refractivity contribution in [3.8, 4) is 0 Å². The van der Waals surface area contributed by atoms with Crippen molar-refractivity contribution in [2.75, 3.05) is 30.5 Å². The second kappa shape index (κ2) is 9.11. The Hall–Kier alpha value is -2.24. The normalized spacial score (nSPS) is 13.8. The Morgan fingerprint density at radius 2 is 1.56 bits per heavy atom. The summed E-state index contributed by atoms with van der Waals surface area (Å²) in [7, 11) is 3.97. The molecule has 0 unspecified atom stereocenters. The van der Waals surface area contributed by atoms with Crippen molar-refractivity contribution in [3.05, 3.63) is 81.6 Å². The van der Waals surface area contributed by atoms with E-state index in [-0.39, 0.29) is 17.1 Å². The molecule has 1 heterocycles. The van der Waals surface area contributed by atoms with Gasteiger partial charge in [-0.3, -0.25) is 9.59 Å². The number of thioether (sulfide) groups is 2. The van der Waals surface area contributed by atoms with Crippen molar-refractivity contribution < 1.29 is 9.59 Å². The number of allylic oxidation sites excluding steroid dienone is 2. The van der Waals surface area contributed by atoms with Gasteiger partial charge in [0.1, 0.15) is 0 Å². The van der Waals surface area contributed by atoms with Crippen molar-refractivity contribution in [1.82, 2.24) is 0 Å². The van der Waals surface area contributed by atoms with Gasteiger partial charge in [0, 0.05) is 36.9 Å². The van der Waals surface area contributed by atoms with Gasteiger partial charge in [0.25, 0.3) is 0 Å². The highest BCUT2D eigenvalue weighted by atomic mass is 32.2. The maximum Gasteiger partial charge on any atom is 0.198 e. The first-order valence-corrected chi connectivity index (χ1v) is 10.6. The monoisotopic (exact) mass is 395 g/mol. The van der Waals surface area contributed by atoms with Gasteiger partial charge in [0.15, 0.2) is 11.6 Å². The second-order valence-electron chi connectivity index (χ2n) is 6.24. The van der Waals surface area contributed by atoms with Crippen LogP contribution in [-0.4, -0.2) is 37.2 Å². The molecule has 0 amide bonds. The van der Waals surface area contributed by atoms with E-state index in [1.807, 2.05) is 61.5 Å². The molecule has 138 valence electrons. The minimum atomic E-state index is -0.238. The molecule has 1 fully saturated rings. The molecule has 0 bridgehead atoms. The summed E-state index contributed by atoms with van der Waals surface area (Å²) in [5.74, 6) is 1.41. The van der Waals surface area contributed by atoms with Crippen LogP contribution in [0.4, 0.5) is 5.69 Å². The average Bonchev–Trinajstić information content (AvgIpc) is 3.21. The third-order valence-electron chi connectivity index (χ3n) is 4.10.